The molecule has 0 aromatic carbocycles. The third-order valence-electron chi connectivity index (χ3n) is 2.62. The second kappa shape index (κ2) is 5.09. The molecule has 2 amide bonds. The molecule has 7 nitrogen and oxygen atoms in total. The smallest absolute Gasteiger partial charge is 0.323 e. The van der Waals surface area contributed by atoms with Crippen LogP contribution in [0.4, 0.5) is 9.93 Å². The molecule has 2 rings (SSSR count). The van der Waals surface area contributed by atoms with Crippen molar-refractivity contribution in [1.29, 1.82) is 0 Å². The topological polar surface area (TPSA) is 95.4 Å². The number of carbonyl (C=O) groups is 2. The highest BCUT2D eigenvalue weighted by molar-refractivity contribution is 7.13. The van der Waals surface area contributed by atoms with Crippen molar-refractivity contribution in [2.75, 3.05) is 11.9 Å². The minimum Gasteiger partial charge on any atom is -0.481 e. The fourth-order valence-corrected chi connectivity index (χ4v) is 2.34. The van der Waals surface area contributed by atoms with E-state index in [1.165, 1.54) is 16.8 Å². The van der Waals surface area contributed by atoms with Crippen molar-refractivity contribution in [3.8, 4) is 0 Å². The zero-order chi connectivity index (χ0) is 12.3. The maximum atomic E-state index is 11.9. The Labute approximate surface area is 101 Å². The van der Waals surface area contributed by atoms with Gasteiger partial charge in [0.1, 0.15) is 5.51 Å². The van der Waals surface area contributed by atoms with Gasteiger partial charge < -0.3 is 10.0 Å². The van der Waals surface area contributed by atoms with Gasteiger partial charge in [0, 0.05) is 12.6 Å². The summed E-state index contributed by atoms with van der Waals surface area (Å²) in [7, 11) is 0. The number of hydrogen-bond acceptors (Lipinski definition) is 5. The lowest BCUT2D eigenvalue weighted by atomic mass is 10.1. The van der Waals surface area contributed by atoms with Crippen molar-refractivity contribution >= 4 is 28.5 Å². The molecule has 8 heteroatoms. The fourth-order valence-electron chi connectivity index (χ4n) is 1.91. The largest absolute Gasteiger partial charge is 0.481 e. The van der Waals surface area contributed by atoms with Crippen LogP contribution >= 0.6 is 11.3 Å². The van der Waals surface area contributed by atoms with E-state index in [1.54, 1.807) is 4.90 Å². The number of anilines is 1. The van der Waals surface area contributed by atoms with Crippen LogP contribution in [-0.2, 0) is 4.79 Å². The molecule has 1 saturated heterocycles. The standard InChI is InChI=1S/C9H12N4O3S/c14-7(15)4-6-2-1-3-13(6)9(16)11-8-12-10-5-17-8/h5-6H,1-4H2,(H,14,15)(H,11,12,16). The molecule has 1 aliphatic heterocycles. The quantitative estimate of drug-likeness (QED) is 0.841. The molecule has 92 valence electrons. The normalized spacial score (nSPS) is 19.3. The van der Waals surface area contributed by atoms with E-state index >= 15 is 0 Å². The van der Waals surface area contributed by atoms with Gasteiger partial charge in [0.05, 0.1) is 6.42 Å². The SMILES string of the molecule is O=C(O)CC1CCCN1C(=O)Nc1nncs1. The van der Waals surface area contributed by atoms with E-state index in [4.69, 9.17) is 5.11 Å². The molecule has 2 heterocycles. The van der Waals surface area contributed by atoms with E-state index in [0.717, 1.165) is 12.8 Å². The zero-order valence-electron chi connectivity index (χ0n) is 9.00. The van der Waals surface area contributed by atoms with Crippen LogP contribution in [0.3, 0.4) is 0 Å². The number of nitrogens with one attached hydrogen (secondary N) is 1. The number of rotatable bonds is 3. The number of carboxylic acids is 1. The summed E-state index contributed by atoms with van der Waals surface area (Å²) in [5.41, 5.74) is 1.52. The molecule has 1 unspecified atom stereocenters. The molecule has 0 saturated carbocycles. The zero-order valence-corrected chi connectivity index (χ0v) is 9.81. The van der Waals surface area contributed by atoms with Gasteiger partial charge in [-0.15, -0.1) is 10.2 Å². The molecule has 0 radical (unpaired) electrons. The molecule has 17 heavy (non-hydrogen) atoms. The van der Waals surface area contributed by atoms with Gasteiger partial charge in [0.2, 0.25) is 5.13 Å². The maximum absolute atomic E-state index is 11.9. The lowest BCUT2D eigenvalue weighted by Gasteiger charge is -2.22. The van der Waals surface area contributed by atoms with Gasteiger partial charge in [-0.1, -0.05) is 11.3 Å². The summed E-state index contributed by atoms with van der Waals surface area (Å²) in [6.45, 7) is 0.586. The number of urea groups is 1. The molecule has 1 fully saturated rings. The number of hydrogen-bond donors (Lipinski definition) is 2. The molecule has 0 bridgehead atoms. The third-order valence-corrected chi connectivity index (χ3v) is 3.23. The Balaban J connectivity index is 1.96. The molecule has 0 aliphatic carbocycles. The Morgan fingerprint density at radius 1 is 1.65 bits per heavy atom. The molecule has 2 N–H and O–H groups in total. The minimum absolute atomic E-state index is 0.0104. The van der Waals surface area contributed by atoms with E-state index in [2.05, 4.69) is 15.5 Å². The van der Waals surface area contributed by atoms with E-state index in [1.807, 2.05) is 0 Å². The Kier molecular flexibility index (Phi) is 3.52. The van der Waals surface area contributed by atoms with Crippen LogP contribution in [0.1, 0.15) is 19.3 Å². The van der Waals surface area contributed by atoms with E-state index in [9.17, 15) is 9.59 Å². The highest BCUT2D eigenvalue weighted by Crippen LogP contribution is 2.21. The van der Waals surface area contributed by atoms with Crippen molar-refractivity contribution in [3.05, 3.63) is 5.51 Å². The predicted octanol–water partition coefficient (Wildman–Crippen LogP) is 1.01. The number of carboxylic acid groups (broad SMARTS) is 1. The molecule has 1 atom stereocenters. The highest BCUT2D eigenvalue weighted by Gasteiger charge is 2.30. The Hall–Kier alpha value is -1.70. The van der Waals surface area contributed by atoms with E-state index < -0.39 is 5.97 Å². The van der Waals surface area contributed by atoms with Crippen LogP contribution in [0.15, 0.2) is 5.51 Å². The second-order valence-electron chi connectivity index (χ2n) is 3.76. The van der Waals surface area contributed by atoms with E-state index in [-0.39, 0.29) is 18.5 Å². The third kappa shape index (κ3) is 2.90. The first-order valence-corrected chi connectivity index (χ1v) is 6.10. The summed E-state index contributed by atoms with van der Waals surface area (Å²) in [6.07, 6.45) is 1.56. The summed E-state index contributed by atoms with van der Waals surface area (Å²) in [5, 5.41) is 19.1. The Morgan fingerprint density at radius 3 is 3.12 bits per heavy atom. The van der Waals surface area contributed by atoms with Crippen molar-refractivity contribution in [2.24, 2.45) is 0 Å². The number of aliphatic carboxylic acids is 1. The van der Waals surface area contributed by atoms with Crippen LogP contribution in [-0.4, -0.2) is 44.8 Å². The van der Waals surface area contributed by atoms with Gasteiger partial charge in [-0.3, -0.25) is 10.1 Å². The van der Waals surface area contributed by atoms with Crippen molar-refractivity contribution < 1.29 is 14.7 Å². The van der Waals surface area contributed by atoms with Crippen molar-refractivity contribution in [3.63, 3.8) is 0 Å². The fraction of sp³-hybridized carbons (Fsp3) is 0.556. The second-order valence-corrected chi connectivity index (χ2v) is 4.59. The van der Waals surface area contributed by atoms with E-state index in [0.29, 0.717) is 11.7 Å². The number of carbonyl (C=O) groups excluding carboxylic acids is 1. The predicted molar refractivity (Wildman–Crippen MR) is 60.9 cm³/mol. The molecular weight excluding hydrogens is 244 g/mol. The number of aromatic nitrogens is 2. The molecule has 1 aliphatic rings. The van der Waals surface area contributed by atoms with Crippen LogP contribution < -0.4 is 5.32 Å². The minimum atomic E-state index is -0.884. The van der Waals surface area contributed by atoms with Gasteiger partial charge in [-0.2, -0.15) is 0 Å². The van der Waals surface area contributed by atoms with Crippen LogP contribution in [0.5, 0.6) is 0 Å². The van der Waals surface area contributed by atoms with Gasteiger partial charge >= 0.3 is 12.0 Å². The first kappa shape index (κ1) is 11.8. The van der Waals surface area contributed by atoms with Crippen LogP contribution in [0.2, 0.25) is 0 Å². The van der Waals surface area contributed by atoms with Crippen LogP contribution in [0.25, 0.3) is 0 Å². The summed E-state index contributed by atoms with van der Waals surface area (Å²) in [5.74, 6) is -0.884. The Bertz CT molecular complexity index is 408. The van der Waals surface area contributed by atoms with Gasteiger partial charge in [-0.05, 0) is 12.8 Å². The lowest BCUT2D eigenvalue weighted by Crippen LogP contribution is -2.39. The maximum Gasteiger partial charge on any atom is 0.323 e. The van der Waals surface area contributed by atoms with Crippen molar-refractivity contribution in [2.45, 2.75) is 25.3 Å². The highest BCUT2D eigenvalue weighted by atomic mass is 32.1. The molecule has 1 aromatic heterocycles. The summed E-state index contributed by atoms with van der Waals surface area (Å²) < 4.78 is 0. The van der Waals surface area contributed by atoms with Crippen molar-refractivity contribution in [1.82, 2.24) is 15.1 Å². The van der Waals surface area contributed by atoms with Gasteiger partial charge in [-0.25, -0.2) is 4.79 Å². The lowest BCUT2D eigenvalue weighted by molar-refractivity contribution is -0.137. The van der Waals surface area contributed by atoms with Crippen LogP contribution in [0, 0.1) is 0 Å². The Morgan fingerprint density at radius 2 is 2.47 bits per heavy atom. The summed E-state index contributed by atoms with van der Waals surface area (Å²) in [4.78, 5) is 24.1. The number of likely N-dealkylation sites (tertiary alicyclic amines) is 1. The van der Waals surface area contributed by atoms with Gasteiger partial charge in [0.15, 0.2) is 0 Å². The first-order valence-electron chi connectivity index (χ1n) is 5.22. The summed E-state index contributed by atoms with van der Waals surface area (Å²) >= 11 is 1.23. The number of amides is 2. The number of nitrogens with zero attached hydrogens (tertiary/aromatic N) is 3. The molecule has 1 aromatic rings. The molecular formula is C9H12N4O3S. The first-order chi connectivity index (χ1) is 8.16. The average Bonchev–Trinajstić information content (AvgIpc) is 2.87. The average molecular weight is 256 g/mol. The molecule has 0 spiro atoms. The van der Waals surface area contributed by atoms with Gasteiger partial charge in [0.25, 0.3) is 0 Å². The summed E-state index contributed by atoms with van der Waals surface area (Å²) in [6, 6.07) is -0.522. The monoisotopic (exact) mass is 256 g/mol.